The molecule has 0 unspecified atom stereocenters. The van der Waals surface area contributed by atoms with Crippen LogP contribution in [0, 0.1) is 17.8 Å². The minimum atomic E-state index is -0.137. The molecule has 0 heterocycles. The number of carbonyl (C=O) groups excluding carboxylic acids is 1. The maximum atomic E-state index is 11.0. The second kappa shape index (κ2) is 9.79. The first-order valence-corrected chi connectivity index (χ1v) is 6.20. The summed E-state index contributed by atoms with van der Waals surface area (Å²) in [6, 6.07) is 0. The van der Waals surface area contributed by atoms with E-state index in [1.54, 1.807) is 0 Å². The van der Waals surface area contributed by atoms with E-state index in [1.807, 2.05) is 26.0 Å². The third-order valence-electron chi connectivity index (χ3n) is 1.71. The van der Waals surface area contributed by atoms with Gasteiger partial charge in [0.2, 0.25) is 0 Å². The van der Waals surface area contributed by atoms with E-state index in [0.29, 0.717) is 13.0 Å². The standard InChI is InChI=1S/C12H17BrO2/c1-3-15-12(14)9-8-11(2)7-5-4-6-10-13/h4,6,11H,3,8-10H2,1-2H3/b6-4+/t11-/m1/s1. The van der Waals surface area contributed by atoms with E-state index >= 15 is 0 Å². The van der Waals surface area contributed by atoms with Gasteiger partial charge in [0, 0.05) is 17.7 Å². The molecule has 0 aromatic carbocycles. The Hall–Kier alpha value is -0.750. The molecule has 0 aliphatic heterocycles. The maximum Gasteiger partial charge on any atom is 0.305 e. The molecule has 2 nitrogen and oxygen atoms in total. The molecule has 0 aliphatic carbocycles. The Labute approximate surface area is 100 Å². The van der Waals surface area contributed by atoms with Gasteiger partial charge in [-0.25, -0.2) is 0 Å². The van der Waals surface area contributed by atoms with E-state index in [9.17, 15) is 4.79 Å². The Morgan fingerprint density at radius 3 is 2.93 bits per heavy atom. The first kappa shape index (κ1) is 14.2. The lowest BCUT2D eigenvalue weighted by Crippen LogP contribution is -2.05. The number of halogens is 1. The Balaban J connectivity index is 3.72. The van der Waals surface area contributed by atoms with Gasteiger partial charge in [0.15, 0.2) is 0 Å². The molecular weight excluding hydrogens is 256 g/mol. The quantitative estimate of drug-likeness (QED) is 0.437. The van der Waals surface area contributed by atoms with Crippen molar-refractivity contribution in [2.75, 3.05) is 11.9 Å². The van der Waals surface area contributed by atoms with Crippen molar-refractivity contribution in [1.29, 1.82) is 0 Å². The molecule has 0 aromatic heterocycles. The number of hydrogen-bond donors (Lipinski definition) is 0. The summed E-state index contributed by atoms with van der Waals surface area (Å²) in [5, 5.41) is 0.818. The number of carbonyl (C=O) groups is 1. The third kappa shape index (κ3) is 9.55. The Kier molecular flexibility index (Phi) is 9.30. The van der Waals surface area contributed by atoms with Crippen LogP contribution in [-0.4, -0.2) is 17.9 Å². The fraction of sp³-hybridized carbons (Fsp3) is 0.583. The lowest BCUT2D eigenvalue weighted by atomic mass is 10.1. The molecule has 0 fully saturated rings. The third-order valence-corrected chi connectivity index (χ3v) is 2.08. The average Bonchev–Trinajstić information content (AvgIpc) is 2.22. The Bertz CT molecular complexity index is 261. The smallest absolute Gasteiger partial charge is 0.305 e. The van der Waals surface area contributed by atoms with Gasteiger partial charge < -0.3 is 4.74 Å². The number of esters is 1. The summed E-state index contributed by atoms with van der Waals surface area (Å²) < 4.78 is 4.83. The van der Waals surface area contributed by atoms with Crippen molar-refractivity contribution < 1.29 is 9.53 Å². The van der Waals surface area contributed by atoms with Crippen LogP contribution in [0.5, 0.6) is 0 Å². The molecule has 0 saturated carbocycles. The van der Waals surface area contributed by atoms with Crippen molar-refractivity contribution in [3.8, 4) is 11.8 Å². The SMILES string of the molecule is CCOC(=O)CC[C@H](C)C#C/C=C/CBr. The van der Waals surface area contributed by atoms with Gasteiger partial charge in [-0.05, 0) is 19.4 Å². The summed E-state index contributed by atoms with van der Waals surface area (Å²) in [5.74, 6) is 6.07. The van der Waals surface area contributed by atoms with Crippen molar-refractivity contribution in [3.05, 3.63) is 12.2 Å². The van der Waals surface area contributed by atoms with E-state index in [2.05, 4.69) is 27.8 Å². The summed E-state index contributed by atoms with van der Waals surface area (Å²) in [6.07, 6.45) is 4.96. The van der Waals surface area contributed by atoms with Crippen LogP contribution < -0.4 is 0 Å². The van der Waals surface area contributed by atoms with E-state index in [4.69, 9.17) is 4.74 Å². The fourth-order valence-electron chi connectivity index (χ4n) is 0.934. The molecule has 15 heavy (non-hydrogen) atoms. The molecule has 0 amide bonds. The molecule has 0 radical (unpaired) electrons. The van der Waals surface area contributed by atoms with Gasteiger partial charge in [0.1, 0.15) is 0 Å². The summed E-state index contributed by atoms with van der Waals surface area (Å²) in [7, 11) is 0. The van der Waals surface area contributed by atoms with Gasteiger partial charge in [-0.15, -0.1) is 0 Å². The monoisotopic (exact) mass is 272 g/mol. The highest BCUT2D eigenvalue weighted by atomic mass is 79.9. The van der Waals surface area contributed by atoms with Crippen LogP contribution >= 0.6 is 15.9 Å². The summed E-state index contributed by atoms with van der Waals surface area (Å²) in [6.45, 7) is 4.27. The predicted molar refractivity (Wildman–Crippen MR) is 65.7 cm³/mol. The van der Waals surface area contributed by atoms with E-state index in [1.165, 1.54) is 0 Å². The van der Waals surface area contributed by atoms with Gasteiger partial charge >= 0.3 is 5.97 Å². The van der Waals surface area contributed by atoms with E-state index in [0.717, 1.165) is 11.8 Å². The second-order valence-corrected chi connectivity index (χ2v) is 3.74. The molecule has 3 heteroatoms. The number of ether oxygens (including phenoxy) is 1. The van der Waals surface area contributed by atoms with Crippen LogP contribution in [0.1, 0.15) is 26.7 Å². The molecule has 0 aliphatic rings. The first-order chi connectivity index (χ1) is 7.20. The van der Waals surface area contributed by atoms with Gasteiger partial charge in [0.05, 0.1) is 6.61 Å². The van der Waals surface area contributed by atoms with Gasteiger partial charge in [0.25, 0.3) is 0 Å². The number of rotatable bonds is 5. The first-order valence-electron chi connectivity index (χ1n) is 5.08. The molecule has 0 N–H and O–H groups in total. The van der Waals surface area contributed by atoms with Crippen molar-refractivity contribution in [2.45, 2.75) is 26.7 Å². The molecule has 0 saturated heterocycles. The lowest BCUT2D eigenvalue weighted by molar-refractivity contribution is -0.143. The van der Waals surface area contributed by atoms with Crippen LogP contribution in [0.2, 0.25) is 0 Å². The summed E-state index contributed by atoms with van der Waals surface area (Å²) in [4.78, 5) is 11.0. The normalized spacial score (nSPS) is 11.9. The zero-order valence-electron chi connectivity index (χ0n) is 9.25. The van der Waals surface area contributed by atoms with Crippen LogP contribution in [-0.2, 0) is 9.53 Å². The van der Waals surface area contributed by atoms with Crippen LogP contribution in [0.4, 0.5) is 0 Å². The second-order valence-electron chi connectivity index (χ2n) is 3.09. The molecular formula is C12H17BrO2. The number of allylic oxidation sites excluding steroid dienone is 2. The van der Waals surface area contributed by atoms with Crippen molar-refractivity contribution in [1.82, 2.24) is 0 Å². The minimum absolute atomic E-state index is 0.137. The maximum absolute atomic E-state index is 11.0. The highest BCUT2D eigenvalue weighted by Gasteiger charge is 2.04. The summed E-state index contributed by atoms with van der Waals surface area (Å²) >= 11 is 3.27. The molecule has 1 atom stereocenters. The zero-order valence-corrected chi connectivity index (χ0v) is 10.8. The highest BCUT2D eigenvalue weighted by Crippen LogP contribution is 2.04. The molecule has 84 valence electrons. The van der Waals surface area contributed by atoms with Gasteiger partial charge in [-0.2, -0.15) is 0 Å². The van der Waals surface area contributed by atoms with Crippen molar-refractivity contribution in [2.24, 2.45) is 5.92 Å². The van der Waals surface area contributed by atoms with Gasteiger partial charge in [-0.1, -0.05) is 40.8 Å². The van der Waals surface area contributed by atoms with Crippen molar-refractivity contribution >= 4 is 21.9 Å². The van der Waals surface area contributed by atoms with E-state index in [-0.39, 0.29) is 11.9 Å². The highest BCUT2D eigenvalue weighted by molar-refractivity contribution is 9.09. The topological polar surface area (TPSA) is 26.3 Å². The largest absolute Gasteiger partial charge is 0.466 e. The molecule has 0 spiro atoms. The molecule has 0 bridgehead atoms. The minimum Gasteiger partial charge on any atom is -0.466 e. The Morgan fingerprint density at radius 2 is 2.33 bits per heavy atom. The van der Waals surface area contributed by atoms with Crippen molar-refractivity contribution in [3.63, 3.8) is 0 Å². The van der Waals surface area contributed by atoms with E-state index < -0.39 is 0 Å². The van der Waals surface area contributed by atoms with Crippen LogP contribution in [0.15, 0.2) is 12.2 Å². The predicted octanol–water partition coefficient (Wildman–Crippen LogP) is 2.92. The lowest BCUT2D eigenvalue weighted by Gasteiger charge is -2.03. The molecule has 0 aromatic rings. The Morgan fingerprint density at radius 1 is 1.60 bits per heavy atom. The number of hydrogen-bond acceptors (Lipinski definition) is 2. The average molecular weight is 273 g/mol. The number of alkyl halides is 1. The fourth-order valence-corrected chi connectivity index (χ4v) is 1.12. The zero-order chi connectivity index (χ0) is 11.5. The van der Waals surface area contributed by atoms with Gasteiger partial charge in [-0.3, -0.25) is 4.79 Å². The van der Waals surface area contributed by atoms with Crippen LogP contribution in [0.25, 0.3) is 0 Å². The molecule has 0 rings (SSSR count). The summed E-state index contributed by atoms with van der Waals surface area (Å²) in [5.41, 5.74) is 0. The van der Waals surface area contributed by atoms with Crippen LogP contribution in [0.3, 0.4) is 0 Å².